The van der Waals surface area contributed by atoms with Crippen LogP contribution in [0.4, 0.5) is 11.4 Å². The third-order valence-corrected chi connectivity index (χ3v) is 2.72. The van der Waals surface area contributed by atoms with Crippen LogP contribution < -0.4 is 4.90 Å². The molecule has 0 N–H and O–H groups in total. The summed E-state index contributed by atoms with van der Waals surface area (Å²) in [5.41, 5.74) is 0.659. The highest BCUT2D eigenvalue weighted by atomic mass is 35.5. The Kier molecular flexibility index (Phi) is 3.26. The summed E-state index contributed by atoms with van der Waals surface area (Å²) in [5, 5.41) is 11.3. The molecule has 1 aromatic rings. The highest BCUT2D eigenvalue weighted by molar-refractivity contribution is 6.30. The standard InChI is InChI=1S/C10H11ClN2O3/c11-8-1-2-9(10(7-8)13(14)15)12-3-5-16-6-4-12/h1-2,7H,3-6H2. The minimum absolute atomic E-state index is 0.0504. The topological polar surface area (TPSA) is 55.6 Å². The Morgan fingerprint density at radius 2 is 2.06 bits per heavy atom. The Morgan fingerprint density at radius 1 is 1.38 bits per heavy atom. The lowest BCUT2D eigenvalue weighted by Crippen LogP contribution is -2.36. The lowest BCUT2D eigenvalue weighted by Gasteiger charge is -2.28. The Balaban J connectivity index is 2.34. The number of ether oxygens (including phenoxy) is 1. The van der Waals surface area contributed by atoms with Gasteiger partial charge in [-0.1, -0.05) is 11.6 Å². The van der Waals surface area contributed by atoms with Crippen molar-refractivity contribution in [2.75, 3.05) is 31.2 Å². The van der Waals surface area contributed by atoms with Crippen molar-refractivity contribution in [3.63, 3.8) is 0 Å². The molecule has 0 aromatic heterocycles. The number of anilines is 1. The zero-order valence-electron chi connectivity index (χ0n) is 8.56. The van der Waals surface area contributed by atoms with Crippen LogP contribution in [0.5, 0.6) is 0 Å². The second-order valence-electron chi connectivity index (χ2n) is 3.49. The predicted octanol–water partition coefficient (Wildman–Crippen LogP) is 2.08. The van der Waals surface area contributed by atoms with Crippen molar-refractivity contribution in [3.8, 4) is 0 Å². The number of hydrogen-bond acceptors (Lipinski definition) is 4. The number of hydrogen-bond donors (Lipinski definition) is 0. The molecule has 0 saturated carbocycles. The number of morpholine rings is 1. The molecule has 0 atom stereocenters. The minimum atomic E-state index is -0.406. The molecule has 0 aliphatic carbocycles. The molecule has 5 nitrogen and oxygen atoms in total. The van der Waals surface area contributed by atoms with Crippen molar-refractivity contribution in [3.05, 3.63) is 33.3 Å². The molecule has 0 bridgehead atoms. The van der Waals surface area contributed by atoms with E-state index in [1.54, 1.807) is 12.1 Å². The summed E-state index contributed by atoms with van der Waals surface area (Å²) in [7, 11) is 0. The van der Waals surface area contributed by atoms with Gasteiger partial charge in [0.25, 0.3) is 5.69 Å². The van der Waals surface area contributed by atoms with E-state index in [1.165, 1.54) is 6.07 Å². The maximum absolute atomic E-state index is 10.9. The molecule has 1 saturated heterocycles. The molecule has 1 heterocycles. The maximum atomic E-state index is 10.9. The van der Waals surface area contributed by atoms with Crippen LogP contribution in [0.25, 0.3) is 0 Å². The molecule has 2 rings (SSSR count). The normalized spacial score (nSPS) is 16.2. The number of rotatable bonds is 2. The fourth-order valence-electron chi connectivity index (χ4n) is 1.71. The van der Waals surface area contributed by atoms with Crippen molar-refractivity contribution in [1.29, 1.82) is 0 Å². The number of nitro benzene ring substituents is 1. The smallest absolute Gasteiger partial charge is 0.294 e. The van der Waals surface area contributed by atoms with Crippen molar-refractivity contribution in [2.24, 2.45) is 0 Å². The highest BCUT2D eigenvalue weighted by Crippen LogP contribution is 2.31. The highest BCUT2D eigenvalue weighted by Gasteiger charge is 2.21. The minimum Gasteiger partial charge on any atom is -0.378 e. The van der Waals surface area contributed by atoms with E-state index in [0.717, 1.165) is 0 Å². The summed E-state index contributed by atoms with van der Waals surface area (Å²) >= 11 is 5.75. The molecule has 0 radical (unpaired) electrons. The van der Waals surface area contributed by atoms with E-state index in [2.05, 4.69) is 0 Å². The van der Waals surface area contributed by atoms with E-state index >= 15 is 0 Å². The van der Waals surface area contributed by atoms with Crippen molar-refractivity contribution < 1.29 is 9.66 Å². The molecule has 1 aliphatic rings. The van der Waals surface area contributed by atoms with Gasteiger partial charge >= 0.3 is 0 Å². The maximum Gasteiger partial charge on any atom is 0.294 e. The number of nitro groups is 1. The summed E-state index contributed by atoms with van der Waals surface area (Å²) in [6, 6.07) is 4.73. The molecule has 1 fully saturated rings. The summed E-state index contributed by atoms with van der Waals surface area (Å²) < 4.78 is 5.21. The monoisotopic (exact) mass is 242 g/mol. The van der Waals surface area contributed by atoms with Gasteiger partial charge in [-0.25, -0.2) is 0 Å². The molecule has 86 valence electrons. The molecule has 16 heavy (non-hydrogen) atoms. The Labute approximate surface area is 97.7 Å². The van der Waals surface area contributed by atoms with Gasteiger partial charge in [-0.3, -0.25) is 10.1 Å². The van der Waals surface area contributed by atoms with Crippen LogP contribution in [0.2, 0.25) is 5.02 Å². The summed E-state index contributed by atoms with van der Waals surface area (Å²) in [4.78, 5) is 12.4. The van der Waals surface area contributed by atoms with Crippen molar-refractivity contribution in [2.45, 2.75) is 0 Å². The van der Waals surface area contributed by atoms with E-state index < -0.39 is 4.92 Å². The predicted molar refractivity (Wildman–Crippen MR) is 61.1 cm³/mol. The molecular weight excluding hydrogens is 232 g/mol. The van der Waals surface area contributed by atoms with Gasteiger partial charge in [-0.05, 0) is 12.1 Å². The summed E-state index contributed by atoms with van der Waals surface area (Å²) in [6.07, 6.45) is 0. The molecule has 0 amide bonds. The first-order chi connectivity index (χ1) is 7.68. The molecule has 0 spiro atoms. The van der Waals surface area contributed by atoms with E-state index in [0.29, 0.717) is 37.0 Å². The molecule has 6 heteroatoms. The van der Waals surface area contributed by atoms with E-state index in [-0.39, 0.29) is 5.69 Å². The average Bonchev–Trinajstić information content (AvgIpc) is 2.30. The van der Waals surface area contributed by atoms with Crippen LogP contribution in [0.3, 0.4) is 0 Å². The summed E-state index contributed by atoms with van der Waals surface area (Å²) in [5.74, 6) is 0. The number of nitrogens with zero attached hydrogens (tertiary/aromatic N) is 2. The van der Waals surface area contributed by atoms with Crippen LogP contribution >= 0.6 is 11.6 Å². The Morgan fingerprint density at radius 3 is 2.69 bits per heavy atom. The quantitative estimate of drug-likeness (QED) is 0.589. The van der Waals surface area contributed by atoms with Gasteiger partial charge in [0, 0.05) is 24.2 Å². The van der Waals surface area contributed by atoms with Crippen molar-refractivity contribution >= 4 is 23.0 Å². The zero-order chi connectivity index (χ0) is 11.5. The SMILES string of the molecule is O=[N+]([O-])c1cc(Cl)ccc1N1CCOCC1. The van der Waals surface area contributed by atoms with Gasteiger partial charge in [-0.15, -0.1) is 0 Å². The van der Waals surface area contributed by atoms with Crippen LogP contribution in [0.1, 0.15) is 0 Å². The molecule has 1 aliphatic heterocycles. The Bertz CT molecular complexity index is 405. The fourth-order valence-corrected chi connectivity index (χ4v) is 1.88. The number of benzene rings is 1. The second-order valence-corrected chi connectivity index (χ2v) is 3.93. The van der Waals surface area contributed by atoms with Crippen LogP contribution in [0.15, 0.2) is 18.2 Å². The first kappa shape index (κ1) is 11.2. The van der Waals surface area contributed by atoms with Gasteiger partial charge < -0.3 is 9.64 Å². The van der Waals surface area contributed by atoms with E-state index in [4.69, 9.17) is 16.3 Å². The third kappa shape index (κ3) is 2.25. The lowest BCUT2D eigenvalue weighted by molar-refractivity contribution is -0.384. The van der Waals surface area contributed by atoms with E-state index in [9.17, 15) is 10.1 Å². The van der Waals surface area contributed by atoms with Gasteiger partial charge in [0.15, 0.2) is 0 Å². The third-order valence-electron chi connectivity index (χ3n) is 2.49. The van der Waals surface area contributed by atoms with Gasteiger partial charge in [-0.2, -0.15) is 0 Å². The molecular formula is C10H11ClN2O3. The Hall–Kier alpha value is -1.33. The fraction of sp³-hybridized carbons (Fsp3) is 0.400. The zero-order valence-corrected chi connectivity index (χ0v) is 9.31. The first-order valence-electron chi connectivity index (χ1n) is 4.95. The van der Waals surface area contributed by atoms with Crippen molar-refractivity contribution in [1.82, 2.24) is 0 Å². The molecule has 1 aromatic carbocycles. The largest absolute Gasteiger partial charge is 0.378 e. The van der Waals surface area contributed by atoms with E-state index in [1.807, 2.05) is 4.90 Å². The summed E-state index contributed by atoms with van der Waals surface area (Å²) in [6.45, 7) is 2.53. The van der Waals surface area contributed by atoms with Gasteiger partial charge in [0.1, 0.15) is 5.69 Å². The average molecular weight is 243 g/mol. The second kappa shape index (κ2) is 4.67. The van der Waals surface area contributed by atoms with Gasteiger partial charge in [0.2, 0.25) is 0 Å². The number of halogens is 1. The van der Waals surface area contributed by atoms with Crippen LogP contribution in [0, 0.1) is 10.1 Å². The molecule has 0 unspecified atom stereocenters. The van der Waals surface area contributed by atoms with Gasteiger partial charge in [0.05, 0.1) is 18.1 Å². The lowest BCUT2D eigenvalue weighted by atomic mass is 10.2. The van der Waals surface area contributed by atoms with Crippen LogP contribution in [-0.2, 0) is 4.74 Å². The van der Waals surface area contributed by atoms with Crippen LogP contribution in [-0.4, -0.2) is 31.2 Å². The first-order valence-corrected chi connectivity index (χ1v) is 5.33.